The fourth-order valence-corrected chi connectivity index (χ4v) is 2.59. The maximum atomic E-state index is 5.86. The van der Waals surface area contributed by atoms with Gasteiger partial charge in [-0.25, -0.2) is 4.98 Å². The first-order valence-electron chi connectivity index (χ1n) is 6.64. The molecule has 100 valence electrons. The van der Waals surface area contributed by atoms with Gasteiger partial charge in [-0.2, -0.15) is 0 Å². The van der Waals surface area contributed by atoms with Gasteiger partial charge in [-0.15, -0.1) is 0 Å². The van der Waals surface area contributed by atoms with Crippen LogP contribution in [0.1, 0.15) is 25.7 Å². The molecular formula is C13H21BrN4. The maximum absolute atomic E-state index is 5.86. The monoisotopic (exact) mass is 312 g/mol. The van der Waals surface area contributed by atoms with E-state index < -0.39 is 0 Å². The SMILES string of the molecule is Nc1ccc(Br)nc1NCCCN1CCCCC1. The van der Waals surface area contributed by atoms with Crippen molar-refractivity contribution >= 4 is 27.4 Å². The second-order valence-corrected chi connectivity index (χ2v) is 5.57. The number of anilines is 2. The highest BCUT2D eigenvalue weighted by Crippen LogP contribution is 2.18. The van der Waals surface area contributed by atoms with Crippen molar-refractivity contribution in [2.75, 3.05) is 37.2 Å². The van der Waals surface area contributed by atoms with Crippen molar-refractivity contribution in [3.05, 3.63) is 16.7 Å². The van der Waals surface area contributed by atoms with E-state index in [9.17, 15) is 0 Å². The van der Waals surface area contributed by atoms with Crippen LogP contribution in [0.5, 0.6) is 0 Å². The van der Waals surface area contributed by atoms with Crippen LogP contribution in [0.2, 0.25) is 0 Å². The van der Waals surface area contributed by atoms with Gasteiger partial charge in [0.2, 0.25) is 0 Å². The number of nitrogens with one attached hydrogen (secondary N) is 1. The molecule has 1 aliphatic heterocycles. The van der Waals surface area contributed by atoms with Crippen LogP contribution in [0.25, 0.3) is 0 Å². The third-order valence-electron chi connectivity index (χ3n) is 3.28. The third kappa shape index (κ3) is 4.14. The van der Waals surface area contributed by atoms with Crippen molar-refractivity contribution < 1.29 is 0 Å². The molecule has 18 heavy (non-hydrogen) atoms. The molecule has 4 nitrogen and oxygen atoms in total. The van der Waals surface area contributed by atoms with Gasteiger partial charge in [0.25, 0.3) is 0 Å². The molecule has 3 N–H and O–H groups in total. The van der Waals surface area contributed by atoms with Crippen LogP contribution in [-0.4, -0.2) is 36.1 Å². The van der Waals surface area contributed by atoms with Crippen molar-refractivity contribution in [1.29, 1.82) is 0 Å². The highest BCUT2D eigenvalue weighted by Gasteiger charge is 2.09. The topological polar surface area (TPSA) is 54.2 Å². The fourth-order valence-electron chi connectivity index (χ4n) is 2.28. The molecule has 1 fully saturated rings. The molecular weight excluding hydrogens is 292 g/mol. The van der Waals surface area contributed by atoms with Gasteiger partial charge in [0.1, 0.15) is 4.60 Å². The van der Waals surface area contributed by atoms with Crippen LogP contribution < -0.4 is 11.1 Å². The molecule has 1 saturated heterocycles. The number of nitrogens with two attached hydrogens (primary N) is 1. The fraction of sp³-hybridized carbons (Fsp3) is 0.615. The quantitative estimate of drug-likeness (QED) is 0.648. The van der Waals surface area contributed by atoms with Crippen LogP contribution in [0, 0.1) is 0 Å². The average molecular weight is 313 g/mol. The van der Waals surface area contributed by atoms with Gasteiger partial charge in [0.15, 0.2) is 5.82 Å². The van der Waals surface area contributed by atoms with E-state index >= 15 is 0 Å². The summed E-state index contributed by atoms with van der Waals surface area (Å²) in [6.45, 7) is 4.61. The van der Waals surface area contributed by atoms with Crippen molar-refractivity contribution in [1.82, 2.24) is 9.88 Å². The normalized spacial score (nSPS) is 16.7. The number of hydrogen-bond acceptors (Lipinski definition) is 4. The van der Waals surface area contributed by atoms with E-state index in [-0.39, 0.29) is 0 Å². The molecule has 0 radical (unpaired) electrons. The van der Waals surface area contributed by atoms with E-state index in [4.69, 9.17) is 5.73 Å². The lowest BCUT2D eigenvalue weighted by molar-refractivity contribution is 0.228. The van der Waals surface area contributed by atoms with Crippen molar-refractivity contribution in [3.8, 4) is 0 Å². The van der Waals surface area contributed by atoms with Crippen molar-refractivity contribution in [2.45, 2.75) is 25.7 Å². The smallest absolute Gasteiger partial charge is 0.150 e. The minimum atomic E-state index is 0.705. The van der Waals surface area contributed by atoms with Gasteiger partial charge in [-0.05, 0) is 67.0 Å². The molecule has 1 aliphatic rings. The van der Waals surface area contributed by atoms with Crippen LogP contribution in [0.4, 0.5) is 11.5 Å². The molecule has 0 saturated carbocycles. The summed E-state index contributed by atoms with van der Waals surface area (Å²) in [5, 5.41) is 3.30. The summed E-state index contributed by atoms with van der Waals surface area (Å²) >= 11 is 3.35. The Balaban J connectivity index is 1.69. The van der Waals surface area contributed by atoms with Gasteiger partial charge >= 0.3 is 0 Å². The minimum Gasteiger partial charge on any atom is -0.396 e. The molecule has 0 spiro atoms. The van der Waals surface area contributed by atoms with Crippen molar-refractivity contribution in [3.63, 3.8) is 0 Å². The molecule has 1 aromatic heterocycles. The molecule has 0 atom stereocenters. The Bertz CT molecular complexity index is 377. The van der Waals surface area contributed by atoms with Crippen LogP contribution >= 0.6 is 15.9 Å². The lowest BCUT2D eigenvalue weighted by atomic mass is 10.1. The van der Waals surface area contributed by atoms with Crippen LogP contribution in [0.15, 0.2) is 16.7 Å². The molecule has 0 bridgehead atoms. The Morgan fingerprint density at radius 1 is 1.28 bits per heavy atom. The van der Waals surface area contributed by atoms with E-state index in [1.165, 1.54) is 38.9 Å². The lowest BCUT2D eigenvalue weighted by Crippen LogP contribution is -2.31. The zero-order chi connectivity index (χ0) is 12.8. The molecule has 0 aliphatic carbocycles. The Labute approximate surface area is 117 Å². The number of nitrogen functional groups attached to an aromatic ring is 1. The summed E-state index contributed by atoms with van der Waals surface area (Å²) in [4.78, 5) is 6.87. The molecule has 0 amide bonds. The number of rotatable bonds is 5. The standard InChI is InChI=1S/C13H21BrN4/c14-12-6-5-11(15)13(17-12)16-7-4-10-18-8-2-1-3-9-18/h5-6H,1-4,7-10,15H2,(H,16,17). The van der Waals surface area contributed by atoms with E-state index in [2.05, 4.69) is 31.1 Å². The Morgan fingerprint density at radius 2 is 2.06 bits per heavy atom. The van der Waals surface area contributed by atoms with Gasteiger partial charge in [0.05, 0.1) is 5.69 Å². The number of halogens is 1. The molecule has 0 aromatic carbocycles. The first kappa shape index (κ1) is 13.6. The van der Waals surface area contributed by atoms with Gasteiger partial charge in [-0.3, -0.25) is 0 Å². The molecule has 2 rings (SSSR count). The minimum absolute atomic E-state index is 0.705. The summed E-state index contributed by atoms with van der Waals surface area (Å²) in [5.74, 6) is 0.781. The van der Waals surface area contributed by atoms with Gasteiger partial charge in [0, 0.05) is 6.54 Å². The molecule has 5 heteroatoms. The Kier molecular flexibility index (Phi) is 5.26. The van der Waals surface area contributed by atoms with Gasteiger partial charge in [-0.1, -0.05) is 6.42 Å². The number of pyridine rings is 1. The number of nitrogens with zero attached hydrogens (tertiary/aromatic N) is 2. The maximum Gasteiger partial charge on any atom is 0.150 e. The summed E-state index contributed by atoms with van der Waals surface area (Å²) in [5.41, 5.74) is 6.56. The van der Waals surface area contributed by atoms with E-state index in [1.807, 2.05) is 12.1 Å². The summed E-state index contributed by atoms with van der Waals surface area (Å²) in [7, 11) is 0. The summed E-state index contributed by atoms with van der Waals surface area (Å²) < 4.78 is 0.815. The second kappa shape index (κ2) is 6.95. The van der Waals surface area contributed by atoms with E-state index in [0.717, 1.165) is 23.4 Å². The third-order valence-corrected chi connectivity index (χ3v) is 3.73. The van der Waals surface area contributed by atoms with E-state index in [0.29, 0.717) is 5.69 Å². The second-order valence-electron chi connectivity index (χ2n) is 4.75. The molecule has 0 unspecified atom stereocenters. The first-order chi connectivity index (χ1) is 8.75. The highest BCUT2D eigenvalue weighted by molar-refractivity contribution is 9.10. The number of piperidine rings is 1. The molecule has 2 heterocycles. The summed E-state index contributed by atoms with van der Waals surface area (Å²) in [6, 6.07) is 3.72. The largest absolute Gasteiger partial charge is 0.396 e. The van der Waals surface area contributed by atoms with E-state index in [1.54, 1.807) is 0 Å². The van der Waals surface area contributed by atoms with Gasteiger partial charge < -0.3 is 16.0 Å². The first-order valence-corrected chi connectivity index (χ1v) is 7.43. The Hall–Kier alpha value is -0.810. The number of likely N-dealkylation sites (tertiary alicyclic amines) is 1. The number of aromatic nitrogens is 1. The Morgan fingerprint density at radius 3 is 2.83 bits per heavy atom. The lowest BCUT2D eigenvalue weighted by Gasteiger charge is -2.26. The predicted octanol–water partition coefficient (Wildman–Crippen LogP) is 2.71. The zero-order valence-electron chi connectivity index (χ0n) is 10.7. The number of hydrogen-bond donors (Lipinski definition) is 2. The van der Waals surface area contributed by atoms with Crippen molar-refractivity contribution in [2.24, 2.45) is 0 Å². The zero-order valence-corrected chi connectivity index (χ0v) is 12.2. The predicted molar refractivity (Wildman–Crippen MR) is 79.7 cm³/mol. The molecule has 1 aromatic rings. The average Bonchev–Trinajstić information content (AvgIpc) is 2.40. The van der Waals surface area contributed by atoms with Crippen LogP contribution in [-0.2, 0) is 0 Å². The highest BCUT2D eigenvalue weighted by atomic mass is 79.9. The van der Waals surface area contributed by atoms with Crippen LogP contribution in [0.3, 0.4) is 0 Å². The summed E-state index contributed by atoms with van der Waals surface area (Å²) in [6.07, 6.45) is 5.24.